The molecule has 1 aromatic rings. The van der Waals surface area contributed by atoms with Gasteiger partial charge in [-0.25, -0.2) is 0 Å². The lowest BCUT2D eigenvalue weighted by molar-refractivity contribution is 0.0545. The van der Waals surface area contributed by atoms with Crippen molar-refractivity contribution in [2.45, 2.75) is 37.0 Å². The van der Waals surface area contributed by atoms with E-state index in [-0.39, 0.29) is 5.91 Å². The predicted octanol–water partition coefficient (Wildman–Crippen LogP) is 2.09. The number of thioether (sulfide) groups is 1. The Hall–Kier alpha value is -1.07. The minimum atomic E-state index is 0.0960. The van der Waals surface area contributed by atoms with E-state index in [9.17, 15) is 4.79 Å². The lowest BCUT2D eigenvalue weighted by atomic mass is 9.91. The van der Waals surface area contributed by atoms with E-state index in [2.05, 4.69) is 22.1 Å². The summed E-state index contributed by atoms with van der Waals surface area (Å²) in [6.07, 6.45) is 5.72. The Kier molecular flexibility index (Phi) is 3.65. The number of carbonyl (C=O) groups is 1. The first-order chi connectivity index (χ1) is 10.7. The van der Waals surface area contributed by atoms with Gasteiger partial charge in [0.05, 0.1) is 4.75 Å². The van der Waals surface area contributed by atoms with Gasteiger partial charge in [-0.2, -0.15) is 0 Å². The molecular formula is C17H23N3OS. The smallest absolute Gasteiger partial charge is 0.272 e. The largest absolute Gasteiger partial charge is 0.334 e. The summed E-state index contributed by atoms with van der Waals surface area (Å²) in [5.41, 5.74) is 1.58. The lowest BCUT2D eigenvalue weighted by Crippen LogP contribution is -2.61. The maximum absolute atomic E-state index is 12.5. The van der Waals surface area contributed by atoms with Crippen LogP contribution in [0.1, 0.15) is 35.3 Å². The lowest BCUT2D eigenvalue weighted by Gasteiger charge is -2.47. The van der Waals surface area contributed by atoms with Crippen LogP contribution >= 0.6 is 11.8 Å². The molecule has 3 aliphatic rings. The van der Waals surface area contributed by atoms with Crippen LogP contribution in [0, 0.1) is 12.8 Å². The molecule has 5 heteroatoms. The molecule has 0 bridgehead atoms. The molecule has 2 saturated heterocycles. The molecule has 0 radical (unpaired) electrons. The zero-order valence-electron chi connectivity index (χ0n) is 13.0. The molecule has 1 amide bonds. The van der Waals surface area contributed by atoms with Crippen molar-refractivity contribution in [3.63, 3.8) is 0 Å². The second-order valence-corrected chi connectivity index (χ2v) is 8.56. The molecule has 1 aliphatic carbocycles. The van der Waals surface area contributed by atoms with Gasteiger partial charge in [-0.15, -0.1) is 11.8 Å². The summed E-state index contributed by atoms with van der Waals surface area (Å²) in [6.45, 7) is 4.91. The number of aromatic nitrogens is 1. The van der Waals surface area contributed by atoms with Gasteiger partial charge in [0.1, 0.15) is 5.69 Å². The fourth-order valence-corrected chi connectivity index (χ4v) is 5.11. The minimum Gasteiger partial charge on any atom is -0.334 e. The van der Waals surface area contributed by atoms with Crippen LogP contribution in [0.15, 0.2) is 18.3 Å². The van der Waals surface area contributed by atoms with Crippen molar-refractivity contribution in [3.8, 4) is 0 Å². The molecule has 1 unspecified atom stereocenters. The van der Waals surface area contributed by atoms with Crippen molar-refractivity contribution in [1.29, 1.82) is 0 Å². The average molecular weight is 317 g/mol. The van der Waals surface area contributed by atoms with Gasteiger partial charge in [0, 0.05) is 31.1 Å². The van der Waals surface area contributed by atoms with Crippen LogP contribution in [-0.4, -0.2) is 52.0 Å². The maximum Gasteiger partial charge on any atom is 0.272 e. The van der Waals surface area contributed by atoms with E-state index in [4.69, 9.17) is 0 Å². The van der Waals surface area contributed by atoms with E-state index < -0.39 is 0 Å². The average Bonchev–Trinajstić information content (AvgIpc) is 3.21. The molecule has 0 aromatic carbocycles. The van der Waals surface area contributed by atoms with Crippen molar-refractivity contribution >= 4 is 17.7 Å². The van der Waals surface area contributed by atoms with Gasteiger partial charge in [0.2, 0.25) is 0 Å². The fourth-order valence-electron chi connectivity index (χ4n) is 3.50. The van der Waals surface area contributed by atoms with Gasteiger partial charge in [0.25, 0.3) is 5.91 Å². The Morgan fingerprint density at radius 1 is 1.50 bits per heavy atom. The molecule has 4 nitrogen and oxygen atoms in total. The van der Waals surface area contributed by atoms with Gasteiger partial charge >= 0.3 is 0 Å². The topological polar surface area (TPSA) is 45.2 Å². The minimum absolute atomic E-state index is 0.0960. The molecule has 1 N–H and O–H groups in total. The van der Waals surface area contributed by atoms with Crippen LogP contribution in [0.4, 0.5) is 0 Å². The van der Waals surface area contributed by atoms with Crippen molar-refractivity contribution in [1.82, 2.24) is 15.2 Å². The van der Waals surface area contributed by atoms with E-state index in [0.717, 1.165) is 24.6 Å². The van der Waals surface area contributed by atoms with Crippen LogP contribution in [0.3, 0.4) is 0 Å². The summed E-state index contributed by atoms with van der Waals surface area (Å²) < 4.78 is 0.305. The summed E-state index contributed by atoms with van der Waals surface area (Å²) in [5.74, 6) is 2.23. The number of nitrogens with zero attached hydrogens (tertiary/aromatic N) is 2. The van der Waals surface area contributed by atoms with E-state index in [1.807, 2.05) is 24.0 Å². The first-order valence-electron chi connectivity index (χ1n) is 8.23. The van der Waals surface area contributed by atoms with Gasteiger partial charge in [0.15, 0.2) is 0 Å². The molecule has 1 atom stereocenters. The quantitative estimate of drug-likeness (QED) is 0.923. The number of amides is 1. The van der Waals surface area contributed by atoms with E-state index in [1.165, 1.54) is 31.6 Å². The van der Waals surface area contributed by atoms with Crippen LogP contribution in [0.2, 0.25) is 0 Å². The molecule has 1 saturated carbocycles. The van der Waals surface area contributed by atoms with Crippen LogP contribution in [0.5, 0.6) is 0 Å². The highest BCUT2D eigenvalue weighted by Gasteiger charge is 2.50. The molecule has 4 rings (SSSR count). The summed E-state index contributed by atoms with van der Waals surface area (Å²) in [4.78, 5) is 18.8. The number of rotatable bonds is 4. The number of aryl methyl sites for hydroxylation is 1. The predicted molar refractivity (Wildman–Crippen MR) is 89.2 cm³/mol. The number of hydrogen-bond acceptors (Lipinski definition) is 4. The second-order valence-electron chi connectivity index (χ2n) is 7.08. The monoisotopic (exact) mass is 317 g/mol. The van der Waals surface area contributed by atoms with Crippen molar-refractivity contribution in [3.05, 3.63) is 29.6 Å². The third-order valence-corrected chi connectivity index (χ3v) is 6.66. The highest BCUT2D eigenvalue weighted by Crippen LogP contribution is 2.45. The third-order valence-electron chi connectivity index (χ3n) is 5.06. The van der Waals surface area contributed by atoms with Crippen molar-refractivity contribution in [2.24, 2.45) is 5.92 Å². The SMILES string of the molecule is Cc1cccnc1C(=O)N1CC2(CC(NCC3CC3)CS2)C1. The molecule has 3 heterocycles. The number of nitrogens with one attached hydrogen (secondary N) is 1. The fraction of sp³-hybridized carbons (Fsp3) is 0.647. The molecule has 1 aromatic heterocycles. The normalized spacial score (nSPS) is 26.2. The molecule has 3 fully saturated rings. The summed E-state index contributed by atoms with van der Waals surface area (Å²) >= 11 is 2.06. The molecule has 2 aliphatic heterocycles. The number of hydrogen-bond donors (Lipinski definition) is 1. The Balaban J connectivity index is 1.32. The zero-order chi connectivity index (χ0) is 15.2. The van der Waals surface area contributed by atoms with Gasteiger partial charge < -0.3 is 10.2 Å². The summed E-state index contributed by atoms with van der Waals surface area (Å²) in [7, 11) is 0. The Labute approximate surface area is 136 Å². The first kappa shape index (κ1) is 14.5. The molecule has 22 heavy (non-hydrogen) atoms. The van der Waals surface area contributed by atoms with Crippen LogP contribution < -0.4 is 5.32 Å². The Morgan fingerprint density at radius 3 is 3.05 bits per heavy atom. The summed E-state index contributed by atoms with van der Waals surface area (Å²) in [5, 5.41) is 3.72. The Morgan fingerprint density at radius 2 is 2.32 bits per heavy atom. The summed E-state index contributed by atoms with van der Waals surface area (Å²) in [6, 6.07) is 4.48. The van der Waals surface area contributed by atoms with Crippen LogP contribution in [0.25, 0.3) is 0 Å². The van der Waals surface area contributed by atoms with Crippen molar-refractivity contribution < 1.29 is 4.79 Å². The number of pyridine rings is 1. The van der Waals surface area contributed by atoms with Gasteiger partial charge in [-0.3, -0.25) is 9.78 Å². The third kappa shape index (κ3) is 2.76. The van der Waals surface area contributed by atoms with E-state index in [0.29, 0.717) is 16.5 Å². The van der Waals surface area contributed by atoms with Crippen molar-refractivity contribution in [2.75, 3.05) is 25.4 Å². The Bertz CT molecular complexity index is 581. The van der Waals surface area contributed by atoms with Crippen LogP contribution in [-0.2, 0) is 0 Å². The molecule has 1 spiro atoms. The van der Waals surface area contributed by atoms with E-state index in [1.54, 1.807) is 6.20 Å². The van der Waals surface area contributed by atoms with Gasteiger partial charge in [-0.1, -0.05) is 6.07 Å². The maximum atomic E-state index is 12.5. The van der Waals surface area contributed by atoms with Gasteiger partial charge in [-0.05, 0) is 50.3 Å². The first-order valence-corrected chi connectivity index (χ1v) is 9.22. The second kappa shape index (κ2) is 5.53. The number of likely N-dealkylation sites (tertiary alicyclic amines) is 1. The standard InChI is InChI=1S/C17H23N3OS/c1-12-3-2-6-18-15(12)16(21)20-10-17(11-20)7-14(9-22-17)19-8-13-4-5-13/h2-3,6,13-14,19H,4-5,7-11H2,1H3. The highest BCUT2D eigenvalue weighted by atomic mass is 32.2. The highest BCUT2D eigenvalue weighted by molar-refractivity contribution is 8.01. The van der Waals surface area contributed by atoms with E-state index >= 15 is 0 Å². The zero-order valence-corrected chi connectivity index (χ0v) is 13.9. The number of carbonyl (C=O) groups excluding carboxylic acids is 1. The molecular weight excluding hydrogens is 294 g/mol. The molecule has 118 valence electrons.